The average molecular weight is 413 g/mol. The Labute approximate surface area is 176 Å². The number of benzene rings is 1. The van der Waals surface area contributed by atoms with Crippen molar-refractivity contribution >= 4 is 26.5 Å². The monoisotopic (exact) mass is 413 g/mol. The Balaban J connectivity index is 1.45. The van der Waals surface area contributed by atoms with Crippen LogP contribution in [0.5, 0.6) is 0 Å². The Bertz CT molecular complexity index is 708. The molecule has 2 aliphatic rings. The fourth-order valence-electron chi connectivity index (χ4n) is 5.16. The molecule has 0 radical (unpaired) electrons. The van der Waals surface area contributed by atoms with Gasteiger partial charge in [0, 0.05) is 0 Å². The van der Waals surface area contributed by atoms with Gasteiger partial charge in [0.15, 0.2) is 0 Å². The van der Waals surface area contributed by atoms with E-state index in [-0.39, 0.29) is 0 Å². The van der Waals surface area contributed by atoms with E-state index in [4.69, 9.17) is 0 Å². The molecule has 6 heteroatoms. The van der Waals surface area contributed by atoms with E-state index in [1.54, 1.807) is 0 Å². The van der Waals surface area contributed by atoms with Crippen molar-refractivity contribution in [2.45, 2.75) is 86.3 Å². The summed E-state index contributed by atoms with van der Waals surface area (Å²) in [5, 5.41) is 9.01. The molecule has 2 aliphatic carbocycles. The molecule has 0 bridgehead atoms. The van der Waals surface area contributed by atoms with Crippen LogP contribution in [0, 0.1) is 6.16 Å². The van der Waals surface area contributed by atoms with Crippen LogP contribution in [0.1, 0.15) is 69.9 Å². The number of thioether (sulfide) groups is 1. The fourth-order valence-corrected chi connectivity index (χ4v) is 10.6. The van der Waals surface area contributed by atoms with Crippen LogP contribution >= 0.6 is 18.9 Å². The van der Waals surface area contributed by atoms with Crippen molar-refractivity contribution in [2.75, 3.05) is 0 Å². The van der Waals surface area contributed by atoms with Gasteiger partial charge in [-0.15, -0.1) is 0 Å². The van der Waals surface area contributed by atoms with Crippen LogP contribution < -0.4 is 0 Å². The second-order valence-corrected chi connectivity index (χ2v) is 13.9. The van der Waals surface area contributed by atoms with E-state index >= 15 is 0 Å². The molecule has 2 fully saturated rings. The van der Waals surface area contributed by atoms with Crippen LogP contribution in [0.4, 0.5) is 0 Å². The minimum atomic E-state index is -1.15. The van der Waals surface area contributed by atoms with Crippen LogP contribution in [-0.4, -0.2) is 33.9 Å². The molecule has 0 aliphatic heterocycles. The van der Waals surface area contributed by atoms with Crippen LogP contribution in [0.3, 0.4) is 0 Å². The summed E-state index contributed by atoms with van der Waals surface area (Å²) in [5.74, 6) is 0.826. The van der Waals surface area contributed by atoms with Crippen LogP contribution in [0.15, 0.2) is 41.4 Å². The molecule has 1 heterocycles. The Morgan fingerprint density at radius 1 is 0.964 bits per heavy atom. The van der Waals surface area contributed by atoms with Crippen molar-refractivity contribution in [1.82, 2.24) is 15.0 Å². The van der Waals surface area contributed by atoms with E-state index in [0.717, 1.165) is 22.9 Å². The zero-order valence-corrected chi connectivity index (χ0v) is 18.9. The Hall–Kier alpha value is -0.925. The summed E-state index contributed by atoms with van der Waals surface area (Å²) in [4.78, 5) is 1.28. The third-order valence-corrected chi connectivity index (χ3v) is 12.8. The predicted molar refractivity (Wildman–Crippen MR) is 125 cm³/mol. The van der Waals surface area contributed by atoms with Crippen molar-refractivity contribution in [3.8, 4) is 0 Å². The first-order chi connectivity index (χ1) is 13.7. The summed E-state index contributed by atoms with van der Waals surface area (Å²) in [7, 11) is 1.50. The van der Waals surface area contributed by atoms with Crippen molar-refractivity contribution < 1.29 is 0 Å². The number of hydrogen-bond acceptors (Lipinski definition) is 3. The molecule has 1 aromatic carbocycles. The van der Waals surface area contributed by atoms with Crippen molar-refractivity contribution in [3.63, 3.8) is 0 Å². The Kier molecular flexibility index (Phi) is 7.06. The molecule has 0 atom stereocenters. The van der Waals surface area contributed by atoms with Crippen molar-refractivity contribution in [2.24, 2.45) is 0 Å². The summed E-state index contributed by atoms with van der Waals surface area (Å²) in [5.41, 5.74) is 2.97. The molecule has 2 saturated carbocycles. The van der Waals surface area contributed by atoms with Gasteiger partial charge in [-0.2, -0.15) is 0 Å². The Morgan fingerprint density at radius 2 is 1.57 bits per heavy atom. The van der Waals surface area contributed by atoms with Gasteiger partial charge in [0.05, 0.1) is 0 Å². The van der Waals surface area contributed by atoms with Gasteiger partial charge in [-0.3, -0.25) is 0 Å². The van der Waals surface area contributed by atoms with Crippen molar-refractivity contribution in [1.29, 1.82) is 0 Å². The molecule has 0 saturated heterocycles. The maximum atomic E-state index is 4.58. The third-order valence-electron chi connectivity index (χ3n) is 6.80. The van der Waals surface area contributed by atoms with Crippen LogP contribution in [0.25, 0.3) is 0 Å². The van der Waals surface area contributed by atoms with E-state index in [1.807, 2.05) is 16.4 Å². The second kappa shape index (κ2) is 9.72. The summed E-state index contributed by atoms with van der Waals surface area (Å²) in [6.07, 6.45) is 19.2. The van der Waals surface area contributed by atoms with Gasteiger partial charge in [0.1, 0.15) is 0 Å². The zero-order valence-electron chi connectivity index (χ0n) is 17.2. The van der Waals surface area contributed by atoms with E-state index in [9.17, 15) is 0 Å². The Morgan fingerprint density at radius 3 is 2.18 bits per heavy atom. The normalized spacial score (nSPS) is 20.1. The summed E-state index contributed by atoms with van der Waals surface area (Å²) >= 11 is 1.82. The first-order valence-electron chi connectivity index (χ1n) is 11.0. The molecule has 3 nitrogen and oxygen atoms in total. The molecule has 0 unspecified atom stereocenters. The molecule has 4 rings (SSSR count). The standard InChI is InChI=1S/C22H33BN3PS/c23-27(20-10-4-1-5-11-20,21-12-6-2-7-13-21)17-19-16-26(25-24-19)18-28-22-14-8-3-9-15-22/h3,8-9,14-17,20-21H,1-2,4-7,10-13,18,23H2. The van der Waals surface area contributed by atoms with Crippen molar-refractivity contribution in [3.05, 3.63) is 48.4 Å². The molecule has 0 amide bonds. The molecule has 28 heavy (non-hydrogen) atoms. The zero-order chi connectivity index (χ0) is 19.2. The van der Waals surface area contributed by atoms with Gasteiger partial charge in [-0.25, -0.2) is 0 Å². The van der Waals surface area contributed by atoms with Gasteiger partial charge < -0.3 is 0 Å². The van der Waals surface area contributed by atoms with E-state index in [0.29, 0.717) is 0 Å². The second-order valence-electron chi connectivity index (χ2n) is 8.70. The van der Waals surface area contributed by atoms with Gasteiger partial charge in [0.25, 0.3) is 0 Å². The minimum absolute atomic E-state index is 0.826. The number of nitrogens with zero attached hydrogens (tertiary/aromatic N) is 3. The third kappa shape index (κ3) is 4.97. The SMILES string of the molecule is B[P-]([CH+]c1cn(CSc2ccccc2)nn1)(C1CCCCC1)C1CCCCC1. The predicted octanol–water partition coefficient (Wildman–Crippen LogP) is 5.77. The fraction of sp³-hybridized carbons (Fsp3) is 0.591. The van der Waals surface area contributed by atoms with Gasteiger partial charge in [0.2, 0.25) is 0 Å². The molecule has 150 valence electrons. The summed E-state index contributed by atoms with van der Waals surface area (Å²) in [6.45, 7) is 0. The maximum absolute atomic E-state index is 4.58. The van der Waals surface area contributed by atoms with Crippen LogP contribution in [-0.2, 0) is 5.88 Å². The molecular formula is C22H33BN3PS. The van der Waals surface area contributed by atoms with Gasteiger partial charge in [-0.1, -0.05) is 0 Å². The number of aromatic nitrogens is 3. The quantitative estimate of drug-likeness (QED) is 0.250. The molecule has 2 aromatic rings. The molecule has 0 spiro atoms. The first kappa shape index (κ1) is 20.4. The van der Waals surface area contributed by atoms with E-state index < -0.39 is 7.14 Å². The molecular weight excluding hydrogens is 380 g/mol. The average Bonchev–Trinajstić information content (AvgIpc) is 3.21. The topological polar surface area (TPSA) is 30.7 Å². The van der Waals surface area contributed by atoms with Gasteiger partial charge >= 0.3 is 176 Å². The first-order valence-corrected chi connectivity index (χ1v) is 14.5. The van der Waals surface area contributed by atoms with E-state index in [2.05, 4.69) is 60.6 Å². The number of hydrogen-bond donors (Lipinski definition) is 0. The van der Waals surface area contributed by atoms with Gasteiger partial charge in [-0.05, 0) is 0 Å². The number of rotatable bonds is 7. The van der Waals surface area contributed by atoms with Crippen LogP contribution in [0.2, 0.25) is 0 Å². The summed E-state index contributed by atoms with van der Waals surface area (Å²) < 4.78 is 2.01. The molecule has 1 aromatic heterocycles. The van der Waals surface area contributed by atoms with E-state index in [1.165, 1.54) is 69.1 Å². The summed E-state index contributed by atoms with van der Waals surface area (Å²) in [6, 6.07) is 10.6. The molecule has 0 N–H and O–H groups in total.